The van der Waals surface area contributed by atoms with Crippen molar-refractivity contribution in [2.24, 2.45) is 0 Å². The third kappa shape index (κ3) is 1.70. The van der Waals surface area contributed by atoms with Gasteiger partial charge in [-0.25, -0.2) is 0 Å². The molecule has 1 aliphatic heterocycles. The first kappa shape index (κ1) is 10.4. The Balaban J connectivity index is 2.10. The van der Waals surface area contributed by atoms with Crippen molar-refractivity contribution in [1.29, 1.82) is 0 Å². The van der Waals surface area contributed by atoms with E-state index in [9.17, 15) is 4.79 Å². The van der Waals surface area contributed by atoms with E-state index in [4.69, 9.17) is 9.47 Å². The number of fused-ring (bicyclic) bond motifs is 3. The quantitative estimate of drug-likeness (QED) is 0.766. The fourth-order valence-electron chi connectivity index (χ4n) is 2.29. The van der Waals surface area contributed by atoms with E-state index in [0.29, 0.717) is 6.61 Å². The van der Waals surface area contributed by atoms with Gasteiger partial charge in [-0.2, -0.15) is 0 Å². The molecule has 2 heterocycles. The molecule has 1 unspecified atom stereocenters. The van der Waals surface area contributed by atoms with Crippen LogP contribution in [0.1, 0.15) is 24.5 Å². The molecule has 1 aromatic heterocycles. The number of aromatic amines is 1. The number of carbonyl (C=O) groups excluding carboxylic acids is 1. The minimum absolute atomic E-state index is 0.332. The Hall–Kier alpha value is -1.81. The number of ether oxygens (including phenoxy) is 2. The summed E-state index contributed by atoms with van der Waals surface area (Å²) in [5.74, 6) is -0.332. The fourth-order valence-corrected chi connectivity index (χ4v) is 2.29. The third-order valence-electron chi connectivity index (χ3n) is 2.98. The van der Waals surface area contributed by atoms with Crippen LogP contribution in [0.2, 0.25) is 0 Å². The second-order valence-corrected chi connectivity index (χ2v) is 4.12. The Morgan fingerprint density at radius 2 is 2.29 bits per heavy atom. The molecule has 3 rings (SSSR count). The molecule has 0 radical (unpaired) electrons. The third-order valence-corrected chi connectivity index (χ3v) is 2.98. The molecule has 1 aromatic carbocycles. The van der Waals surface area contributed by atoms with Crippen LogP contribution in [0, 0.1) is 0 Å². The van der Waals surface area contributed by atoms with Crippen LogP contribution >= 0.6 is 0 Å². The maximum atomic E-state index is 11.0. The fraction of sp³-hybridized carbons (Fsp3) is 0.308. The predicted molar refractivity (Wildman–Crippen MR) is 62.5 cm³/mol. The molecule has 0 saturated carbocycles. The molecule has 0 bridgehead atoms. The van der Waals surface area contributed by atoms with Gasteiger partial charge in [0.2, 0.25) is 6.29 Å². The number of hydrogen-bond donors (Lipinski definition) is 1. The highest BCUT2D eigenvalue weighted by Crippen LogP contribution is 2.33. The Morgan fingerprint density at radius 1 is 1.47 bits per heavy atom. The van der Waals surface area contributed by atoms with Crippen LogP contribution in [-0.4, -0.2) is 17.6 Å². The number of H-pyrrole nitrogens is 1. The number of hydrogen-bond acceptors (Lipinski definition) is 3. The van der Waals surface area contributed by atoms with E-state index >= 15 is 0 Å². The molecule has 0 amide bonds. The largest absolute Gasteiger partial charge is 0.430 e. The maximum absolute atomic E-state index is 11.0. The van der Waals surface area contributed by atoms with Crippen LogP contribution in [0.15, 0.2) is 24.3 Å². The highest BCUT2D eigenvalue weighted by atomic mass is 16.7. The molecule has 17 heavy (non-hydrogen) atoms. The zero-order chi connectivity index (χ0) is 11.8. The van der Waals surface area contributed by atoms with Crippen molar-refractivity contribution in [2.45, 2.75) is 19.6 Å². The number of rotatable bonds is 1. The van der Waals surface area contributed by atoms with Crippen molar-refractivity contribution >= 4 is 16.9 Å². The molecule has 1 N–H and O–H groups in total. The van der Waals surface area contributed by atoms with E-state index < -0.39 is 6.29 Å². The van der Waals surface area contributed by atoms with Crippen LogP contribution in [0.5, 0.6) is 0 Å². The number of esters is 1. The summed E-state index contributed by atoms with van der Waals surface area (Å²) in [4.78, 5) is 14.3. The van der Waals surface area contributed by atoms with Gasteiger partial charge in [-0.3, -0.25) is 4.79 Å². The van der Waals surface area contributed by atoms with E-state index in [1.807, 2.05) is 18.2 Å². The Labute approximate surface area is 98.5 Å². The Morgan fingerprint density at radius 3 is 3.12 bits per heavy atom. The predicted octanol–water partition coefficient (Wildman–Crippen LogP) is 2.30. The van der Waals surface area contributed by atoms with Gasteiger partial charge < -0.3 is 14.5 Å². The summed E-state index contributed by atoms with van der Waals surface area (Å²) < 4.78 is 10.6. The standard InChI is InChI=1S/C13H13NO3/c1-8(15)17-13-12-10(6-7-16-13)9-4-2-3-5-11(9)14-12/h2-5,13-14H,6-7H2,1H3. The number of nitrogens with one attached hydrogen (secondary N) is 1. The van der Waals surface area contributed by atoms with Crippen molar-refractivity contribution < 1.29 is 14.3 Å². The number of carbonyl (C=O) groups is 1. The van der Waals surface area contributed by atoms with Crippen LogP contribution in [-0.2, 0) is 20.7 Å². The van der Waals surface area contributed by atoms with Gasteiger partial charge in [-0.1, -0.05) is 18.2 Å². The van der Waals surface area contributed by atoms with E-state index in [-0.39, 0.29) is 5.97 Å². The SMILES string of the molecule is CC(=O)OC1OCCc2c1[nH]c1ccccc21. The van der Waals surface area contributed by atoms with Crippen LogP contribution in [0.3, 0.4) is 0 Å². The minimum atomic E-state index is -0.594. The molecule has 88 valence electrons. The first-order valence-electron chi connectivity index (χ1n) is 5.64. The molecule has 1 aliphatic rings. The van der Waals surface area contributed by atoms with Crippen molar-refractivity contribution in [3.8, 4) is 0 Å². The normalized spacial score (nSPS) is 19.0. The number of para-hydroxylation sites is 1. The first-order valence-corrected chi connectivity index (χ1v) is 5.64. The zero-order valence-electron chi connectivity index (χ0n) is 9.53. The monoisotopic (exact) mass is 231 g/mol. The highest BCUT2D eigenvalue weighted by Gasteiger charge is 2.26. The smallest absolute Gasteiger partial charge is 0.305 e. The lowest BCUT2D eigenvalue weighted by atomic mass is 10.1. The second-order valence-electron chi connectivity index (χ2n) is 4.12. The number of benzene rings is 1. The molecule has 0 saturated heterocycles. The van der Waals surface area contributed by atoms with Crippen molar-refractivity contribution in [2.75, 3.05) is 6.61 Å². The molecule has 0 aliphatic carbocycles. The number of aromatic nitrogens is 1. The lowest BCUT2D eigenvalue weighted by Crippen LogP contribution is -2.20. The zero-order valence-corrected chi connectivity index (χ0v) is 9.53. The van der Waals surface area contributed by atoms with Crippen molar-refractivity contribution in [3.63, 3.8) is 0 Å². The van der Waals surface area contributed by atoms with E-state index in [0.717, 1.165) is 17.6 Å². The summed E-state index contributed by atoms with van der Waals surface area (Å²) in [6, 6.07) is 8.07. The molecule has 4 nitrogen and oxygen atoms in total. The molecular weight excluding hydrogens is 218 g/mol. The lowest BCUT2D eigenvalue weighted by Gasteiger charge is -2.22. The van der Waals surface area contributed by atoms with Crippen LogP contribution in [0.4, 0.5) is 0 Å². The summed E-state index contributed by atoms with van der Waals surface area (Å²) in [6.07, 6.45) is 0.251. The summed E-state index contributed by atoms with van der Waals surface area (Å²) >= 11 is 0. The van der Waals surface area contributed by atoms with Gasteiger partial charge in [-0.05, 0) is 18.1 Å². The van der Waals surface area contributed by atoms with Gasteiger partial charge in [0.05, 0.1) is 12.3 Å². The van der Waals surface area contributed by atoms with Gasteiger partial charge in [-0.15, -0.1) is 0 Å². The molecule has 4 heteroatoms. The topological polar surface area (TPSA) is 51.3 Å². The van der Waals surface area contributed by atoms with Crippen LogP contribution in [0.25, 0.3) is 10.9 Å². The summed E-state index contributed by atoms with van der Waals surface area (Å²) in [5.41, 5.74) is 3.12. The van der Waals surface area contributed by atoms with E-state index in [2.05, 4.69) is 11.1 Å². The Bertz CT molecular complexity index is 573. The maximum Gasteiger partial charge on any atom is 0.305 e. The van der Waals surface area contributed by atoms with E-state index in [1.54, 1.807) is 0 Å². The molecular formula is C13H13NO3. The molecule has 0 spiro atoms. The van der Waals surface area contributed by atoms with Gasteiger partial charge in [0, 0.05) is 17.8 Å². The first-order chi connectivity index (χ1) is 8.25. The van der Waals surface area contributed by atoms with Gasteiger partial charge in [0.15, 0.2) is 0 Å². The molecule has 1 atom stereocenters. The lowest BCUT2D eigenvalue weighted by molar-refractivity contribution is -0.181. The van der Waals surface area contributed by atoms with Crippen LogP contribution < -0.4 is 0 Å². The Kier molecular flexibility index (Phi) is 2.37. The second kappa shape index (κ2) is 3.89. The molecule has 0 fully saturated rings. The summed E-state index contributed by atoms with van der Waals surface area (Å²) in [5, 5.41) is 1.18. The average Bonchev–Trinajstić information content (AvgIpc) is 2.68. The summed E-state index contributed by atoms with van der Waals surface area (Å²) in [6.45, 7) is 1.97. The van der Waals surface area contributed by atoms with Gasteiger partial charge in [0.1, 0.15) is 0 Å². The van der Waals surface area contributed by atoms with Gasteiger partial charge in [0.25, 0.3) is 0 Å². The van der Waals surface area contributed by atoms with Crippen molar-refractivity contribution in [3.05, 3.63) is 35.5 Å². The van der Waals surface area contributed by atoms with Gasteiger partial charge >= 0.3 is 5.97 Å². The summed E-state index contributed by atoms with van der Waals surface area (Å²) in [7, 11) is 0. The molecule has 2 aromatic rings. The minimum Gasteiger partial charge on any atom is -0.430 e. The van der Waals surface area contributed by atoms with Crippen molar-refractivity contribution in [1.82, 2.24) is 4.98 Å². The van der Waals surface area contributed by atoms with E-state index in [1.165, 1.54) is 17.9 Å². The average molecular weight is 231 g/mol. The highest BCUT2D eigenvalue weighted by molar-refractivity contribution is 5.85.